The Labute approximate surface area is 144 Å². The first-order valence-electron chi connectivity index (χ1n) is 7.42. The summed E-state index contributed by atoms with van der Waals surface area (Å²) < 4.78 is 55.2. The Hall–Kier alpha value is -2.32. The van der Waals surface area contributed by atoms with Crippen LogP contribution in [0.25, 0.3) is 0 Å². The van der Waals surface area contributed by atoms with E-state index < -0.39 is 16.6 Å². The van der Waals surface area contributed by atoms with Gasteiger partial charge < -0.3 is 4.74 Å². The van der Waals surface area contributed by atoms with E-state index in [0.717, 1.165) is 5.56 Å². The van der Waals surface area contributed by atoms with E-state index in [-0.39, 0.29) is 23.0 Å². The Kier molecular flexibility index (Phi) is 6.22. The van der Waals surface area contributed by atoms with E-state index in [1.807, 2.05) is 0 Å². The number of ether oxygens (including phenoxy) is 1. The fraction of sp³-hybridized carbons (Fsp3) is 0.235. The average molecular weight is 369 g/mol. The molecule has 0 aliphatic rings. The molecule has 2 aromatic rings. The van der Waals surface area contributed by atoms with Gasteiger partial charge in [-0.1, -0.05) is 24.3 Å². The molecule has 5 nitrogen and oxygen atoms in total. The van der Waals surface area contributed by atoms with Crippen molar-refractivity contribution >= 4 is 15.8 Å². The van der Waals surface area contributed by atoms with Crippen LogP contribution >= 0.6 is 0 Å². The Morgan fingerprint density at radius 2 is 1.68 bits per heavy atom. The lowest BCUT2D eigenvalue weighted by molar-refractivity contribution is -0.0498. The normalized spacial score (nSPS) is 11.5. The lowest BCUT2D eigenvalue weighted by Gasteiger charge is -2.08. The van der Waals surface area contributed by atoms with Crippen LogP contribution in [0.2, 0.25) is 0 Å². The van der Waals surface area contributed by atoms with E-state index in [0.29, 0.717) is 12.0 Å². The van der Waals surface area contributed by atoms with Crippen LogP contribution in [-0.4, -0.2) is 27.4 Å². The summed E-state index contributed by atoms with van der Waals surface area (Å²) >= 11 is 0. The third-order valence-corrected chi connectivity index (χ3v) is 4.90. The number of benzene rings is 2. The molecular formula is C17H17F2NO4S. The van der Waals surface area contributed by atoms with Crippen LogP contribution in [0.15, 0.2) is 53.4 Å². The van der Waals surface area contributed by atoms with E-state index >= 15 is 0 Å². The first kappa shape index (κ1) is 19.0. The highest BCUT2D eigenvalue weighted by Crippen LogP contribution is 2.15. The van der Waals surface area contributed by atoms with Crippen molar-refractivity contribution in [3.63, 3.8) is 0 Å². The van der Waals surface area contributed by atoms with Gasteiger partial charge in [0.1, 0.15) is 5.75 Å². The number of carbonyl (C=O) groups is 1. The number of sulfonamides is 1. The molecule has 0 radical (unpaired) electrons. The molecule has 0 aromatic heterocycles. The van der Waals surface area contributed by atoms with Crippen LogP contribution in [0, 0.1) is 0 Å². The second kappa shape index (κ2) is 8.17. The average Bonchev–Trinajstić information content (AvgIpc) is 2.56. The second-order valence-corrected chi connectivity index (χ2v) is 7.02. The zero-order valence-electron chi connectivity index (χ0n) is 13.4. The highest BCUT2D eigenvalue weighted by atomic mass is 32.2. The summed E-state index contributed by atoms with van der Waals surface area (Å²) in [5, 5.41) is 0. The molecule has 8 heteroatoms. The monoisotopic (exact) mass is 369 g/mol. The van der Waals surface area contributed by atoms with E-state index in [1.165, 1.54) is 43.3 Å². The minimum absolute atomic E-state index is 0.0462. The minimum Gasteiger partial charge on any atom is -0.435 e. The molecule has 0 unspecified atom stereocenters. The van der Waals surface area contributed by atoms with Gasteiger partial charge in [0.15, 0.2) is 5.78 Å². The topological polar surface area (TPSA) is 72.5 Å². The smallest absolute Gasteiger partial charge is 0.387 e. The summed E-state index contributed by atoms with van der Waals surface area (Å²) in [4.78, 5) is 11.3. The maximum atomic E-state index is 12.2. The summed E-state index contributed by atoms with van der Waals surface area (Å²) in [6.45, 7) is -1.34. The molecule has 1 N–H and O–H groups in total. The van der Waals surface area contributed by atoms with Gasteiger partial charge in [0.2, 0.25) is 10.0 Å². The summed E-state index contributed by atoms with van der Waals surface area (Å²) in [7, 11) is -3.68. The zero-order chi connectivity index (χ0) is 18.4. The molecule has 0 saturated heterocycles. The molecule has 0 spiro atoms. The van der Waals surface area contributed by atoms with Gasteiger partial charge in [-0.25, -0.2) is 13.1 Å². The van der Waals surface area contributed by atoms with Crippen LogP contribution in [0.1, 0.15) is 22.8 Å². The maximum Gasteiger partial charge on any atom is 0.387 e. The summed E-state index contributed by atoms with van der Waals surface area (Å²) in [5.74, 6) is -0.0962. The standard InChI is InChI=1S/C17H17F2NO4S/c1-12(21)14-4-8-16(9-5-14)25(22,23)20-11-10-13-2-6-15(7-3-13)24-17(18)19/h2-9,17,20H,10-11H2,1H3. The van der Waals surface area contributed by atoms with E-state index in [4.69, 9.17) is 0 Å². The van der Waals surface area contributed by atoms with Gasteiger partial charge in [-0.15, -0.1) is 0 Å². The molecule has 134 valence electrons. The van der Waals surface area contributed by atoms with Crippen molar-refractivity contribution in [2.45, 2.75) is 24.9 Å². The SMILES string of the molecule is CC(=O)c1ccc(S(=O)(=O)NCCc2ccc(OC(F)F)cc2)cc1. The number of hydrogen-bond acceptors (Lipinski definition) is 4. The van der Waals surface area contributed by atoms with Gasteiger partial charge in [-0.3, -0.25) is 4.79 Å². The fourth-order valence-corrected chi connectivity index (χ4v) is 3.15. The molecule has 2 aromatic carbocycles. The van der Waals surface area contributed by atoms with Crippen LogP contribution in [-0.2, 0) is 16.4 Å². The van der Waals surface area contributed by atoms with Crippen molar-refractivity contribution in [1.29, 1.82) is 0 Å². The van der Waals surface area contributed by atoms with Gasteiger partial charge in [0.05, 0.1) is 4.90 Å². The summed E-state index contributed by atoms with van der Waals surface area (Å²) in [5.41, 5.74) is 1.21. The molecule has 25 heavy (non-hydrogen) atoms. The number of alkyl halides is 2. The minimum atomic E-state index is -3.68. The van der Waals surface area contributed by atoms with Crippen LogP contribution in [0.5, 0.6) is 5.75 Å². The summed E-state index contributed by atoms with van der Waals surface area (Å²) in [6.07, 6.45) is 0.389. The molecule has 0 aliphatic heterocycles. The van der Waals surface area contributed by atoms with E-state index in [2.05, 4.69) is 9.46 Å². The maximum absolute atomic E-state index is 12.2. The largest absolute Gasteiger partial charge is 0.435 e. The van der Waals surface area contributed by atoms with Crippen LogP contribution in [0.4, 0.5) is 8.78 Å². The van der Waals surface area contributed by atoms with Gasteiger partial charge in [0, 0.05) is 12.1 Å². The van der Waals surface area contributed by atoms with Crippen molar-refractivity contribution in [2.75, 3.05) is 6.54 Å². The van der Waals surface area contributed by atoms with Gasteiger partial charge >= 0.3 is 6.61 Å². The lowest BCUT2D eigenvalue weighted by Crippen LogP contribution is -2.26. The van der Waals surface area contributed by atoms with Crippen molar-refractivity contribution in [3.8, 4) is 5.75 Å². The predicted octanol–water partition coefficient (Wildman–Crippen LogP) is 3.01. The van der Waals surface area contributed by atoms with E-state index in [9.17, 15) is 22.0 Å². The second-order valence-electron chi connectivity index (χ2n) is 5.25. The number of halogens is 2. The first-order valence-corrected chi connectivity index (χ1v) is 8.90. The summed E-state index contributed by atoms with van der Waals surface area (Å²) in [6, 6.07) is 11.6. The molecule has 0 saturated carbocycles. The van der Waals surface area contributed by atoms with E-state index in [1.54, 1.807) is 12.1 Å². The number of hydrogen-bond donors (Lipinski definition) is 1. The lowest BCUT2D eigenvalue weighted by atomic mass is 10.1. The Balaban J connectivity index is 1.92. The number of rotatable bonds is 8. The van der Waals surface area contributed by atoms with Gasteiger partial charge in [-0.2, -0.15) is 8.78 Å². The first-order chi connectivity index (χ1) is 11.8. The van der Waals surface area contributed by atoms with Crippen LogP contribution in [0.3, 0.4) is 0 Å². The Morgan fingerprint density at radius 3 is 2.20 bits per heavy atom. The molecule has 0 fully saturated rings. The van der Waals surface area contributed by atoms with Crippen LogP contribution < -0.4 is 9.46 Å². The number of Topliss-reactive ketones (excluding diaryl/α,β-unsaturated/α-hetero) is 1. The predicted molar refractivity (Wildman–Crippen MR) is 88.4 cm³/mol. The number of carbonyl (C=O) groups excluding carboxylic acids is 1. The molecule has 0 heterocycles. The molecule has 0 bridgehead atoms. The van der Waals surface area contributed by atoms with Gasteiger partial charge in [0.25, 0.3) is 0 Å². The molecular weight excluding hydrogens is 352 g/mol. The Bertz CT molecular complexity index is 819. The van der Waals surface area contributed by atoms with Crippen molar-refractivity contribution < 1.29 is 26.7 Å². The molecule has 0 amide bonds. The zero-order valence-corrected chi connectivity index (χ0v) is 14.2. The third kappa shape index (κ3) is 5.61. The Morgan fingerprint density at radius 1 is 1.08 bits per heavy atom. The third-order valence-electron chi connectivity index (χ3n) is 3.43. The number of ketones is 1. The quantitative estimate of drug-likeness (QED) is 0.726. The molecule has 2 rings (SSSR count). The number of nitrogens with one attached hydrogen (secondary N) is 1. The van der Waals surface area contributed by atoms with Crippen molar-refractivity contribution in [1.82, 2.24) is 4.72 Å². The van der Waals surface area contributed by atoms with Gasteiger partial charge in [-0.05, 0) is 43.2 Å². The fourth-order valence-electron chi connectivity index (χ4n) is 2.12. The van der Waals surface area contributed by atoms with Crippen molar-refractivity contribution in [2.24, 2.45) is 0 Å². The molecule has 0 aliphatic carbocycles. The highest BCUT2D eigenvalue weighted by molar-refractivity contribution is 7.89. The molecule has 0 atom stereocenters. The highest BCUT2D eigenvalue weighted by Gasteiger charge is 2.13. The van der Waals surface area contributed by atoms with Crippen molar-refractivity contribution in [3.05, 3.63) is 59.7 Å².